The summed E-state index contributed by atoms with van der Waals surface area (Å²) in [7, 11) is -3.87. The van der Waals surface area contributed by atoms with Crippen molar-refractivity contribution in [2.75, 3.05) is 17.1 Å². The van der Waals surface area contributed by atoms with E-state index in [-0.39, 0.29) is 11.7 Å². The van der Waals surface area contributed by atoms with Crippen LogP contribution in [0, 0.1) is 11.6 Å². The minimum Gasteiger partial charge on any atom is -0.348 e. The van der Waals surface area contributed by atoms with E-state index in [0.29, 0.717) is 0 Å². The molecule has 0 spiro atoms. The van der Waals surface area contributed by atoms with Crippen LogP contribution in [0.25, 0.3) is 0 Å². The lowest BCUT2D eigenvalue weighted by atomic mass is 9.89. The Morgan fingerprint density at radius 2 is 1.76 bits per heavy atom. The largest absolute Gasteiger partial charge is 0.348 e. The van der Waals surface area contributed by atoms with E-state index < -0.39 is 34.1 Å². The van der Waals surface area contributed by atoms with Crippen LogP contribution in [0.3, 0.4) is 0 Å². The number of hydrogen-bond donors (Lipinski definition) is 1. The molecule has 1 aliphatic rings. The SMILES string of the molecule is CC(NC(=O)CN(c1ccc(F)c(F)c1)S(C)(=O)=O)c1ccc2c(c1)CCCC2. The van der Waals surface area contributed by atoms with E-state index in [0.717, 1.165) is 53.6 Å². The molecule has 0 fully saturated rings. The lowest BCUT2D eigenvalue weighted by molar-refractivity contribution is -0.120. The molecule has 5 nitrogen and oxygen atoms in total. The van der Waals surface area contributed by atoms with Crippen molar-refractivity contribution in [1.82, 2.24) is 5.32 Å². The summed E-state index contributed by atoms with van der Waals surface area (Å²) in [4.78, 5) is 12.5. The number of nitrogens with zero attached hydrogens (tertiary/aromatic N) is 1. The Hall–Kier alpha value is -2.48. The van der Waals surface area contributed by atoms with Gasteiger partial charge in [0.15, 0.2) is 11.6 Å². The first-order chi connectivity index (χ1) is 13.6. The second kappa shape index (κ2) is 8.49. The number of carbonyl (C=O) groups is 1. The maximum Gasteiger partial charge on any atom is 0.241 e. The van der Waals surface area contributed by atoms with Gasteiger partial charge in [-0.25, -0.2) is 17.2 Å². The molecule has 1 atom stereocenters. The van der Waals surface area contributed by atoms with Crippen molar-refractivity contribution >= 4 is 21.6 Å². The van der Waals surface area contributed by atoms with Gasteiger partial charge in [0, 0.05) is 6.07 Å². The van der Waals surface area contributed by atoms with Gasteiger partial charge in [-0.05, 0) is 61.4 Å². The molecule has 2 aromatic rings. The minimum absolute atomic E-state index is 0.108. The first kappa shape index (κ1) is 21.2. The number of benzene rings is 2. The van der Waals surface area contributed by atoms with Gasteiger partial charge in [0.1, 0.15) is 6.54 Å². The Morgan fingerprint density at radius 3 is 2.41 bits per heavy atom. The Labute approximate surface area is 169 Å². The number of amides is 1. The summed E-state index contributed by atoms with van der Waals surface area (Å²) in [6.07, 6.45) is 5.32. The molecule has 0 bridgehead atoms. The third-order valence-electron chi connectivity index (χ3n) is 5.13. The van der Waals surface area contributed by atoms with Gasteiger partial charge in [0.2, 0.25) is 15.9 Å². The standard InChI is InChI=1S/C21H24F2N2O3S/c1-14(16-8-7-15-5-3-4-6-17(15)11-16)24-21(26)13-25(29(2,27)28)18-9-10-19(22)20(23)12-18/h7-12,14H,3-6,13H2,1-2H3,(H,24,26). The first-order valence-corrected chi connectivity index (χ1v) is 11.3. The highest BCUT2D eigenvalue weighted by Gasteiger charge is 2.23. The quantitative estimate of drug-likeness (QED) is 0.775. The van der Waals surface area contributed by atoms with Crippen LogP contribution < -0.4 is 9.62 Å². The molecule has 1 aliphatic carbocycles. The molecule has 8 heteroatoms. The zero-order valence-electron chi connectivity index (χ0n) is 16.4. The van der Waals surface area contributed by atoms with Gasteiger partial charge in [-0.1, -0.05) is 18.2 Å². The van der Waals surface area contributed by atoms with E-state index in [9.17, 15) is 22.0 Å². The highest BCUT2D eigenvalue weighted by Crippen LogP contribution is 2.25. The average Bonchev–Trinajstić information content (AvgIpc) is 2.67. The van der Waals surface area contributed by atoms with Crippen LogP contribution in [0.15, 0.2) is 36.4 Å². The van der Waals surface area contributed by atoms with E-state index in [4.69, 9.17) is 0 Å². The van der Waals surface area contributed by atoms with E-state index in [2.05, 4.69) is 17.4 Å². The molecule has 29 heavy (non-hydrogen) atoms. The van der Waals surface area contributed by atoms with Gasteiger partial charge in [-0.2, -0.15) is 0 Å². The van der Waals surface area contributed by atoms with Gasteiger partial charge in [-0.15, -0.1) is 0 Å². The zero-order chi connectivity index (χ0) is 21.2. The fourth-order valence-corrected chi connectivity index (χ4v) is 4.41. The fraction of sp³-hybridized carbons (Fsp3) is 0.381. The summed E-state index contributed by atoms with van der Waals surface area (Å²) >= 11 is 0. The van der Waals surface area contributed by atoms with Gasteiger partial charge < -0.3 is 5.32 Å². The normalized spacial score (nSPS) is 14.8. The summed E-state index contributed by atoms with van der Waals surface area (Å²) in [5, 5.41) is 2.79. The van der Waals surface area contributed by atoms with Crippen molar-refractivity contribution in [1.29, 1.82) is 0 Å². The monoisotopic (exact) mass is 422 g/mol. The number of fused-ring (bicyclic) bond motifs is 1. The zero-order valence-corrected chi connectivity index (χ0v) is 17.2. The predicted octanol–water partition coefficient (Wildman–Crippen LogP) is 3.49. The second-order valence-electron chi connectivity index (χ2n) is 7.39. The second-order valence-corrected chi connectivity index (χ2v) is 9.30. The van der Waals surface area contributed by atoms with Gasteiger partial charge in [0.05, 0.1) is 18.0 Å². The third-order valence-corrected chi connectivity index (χ3v) is 6.27. The van der Waals surface area contributed by atoms with Crippen molar-refractivity contribution in [3.05, 3.63) is 64.7 Å². The number of carbonyl (C=O) groups excluding carboxylic acids is 1. The average molecular weight is 422 g/mol. The third kappa shape index (κ3) is 5.12. The van der Waals surface area contributed by atoms with E-state index in [1.165, 1.54) is 17.5 Å². The molecule has 0 heterocycles. The highest BCUT2D eigenvalue weighted by molar-refractivity contribution is 7.92. The van der Waals surface area contributed by atoms with Crippen LogP contribution in [0.4, 0.5) is 14.5 Å². The van der Waals surface area contributed by atoms with Crippen LogP contribution in [0.2, 0.25) is 0 Å². The number of anilines is 1. The number of rotatable bonds is 6. The summed E-state index contributed by atoms with van der Waals surface area (Å²) in [5.74, 6) is -2.81. The number of aryl methyl sites for hydroxylation is 2. The number of sulfonamides is 1. The van der Waals surface area contributed by atoms with E-state index in [1.54, 1.807) is 0 Å². The van der Waals surface area contributed by atoms with Crippen molar-refractivity contribution < 1.29 is 22.0 Å². The number of nitrogens with one attached hydrogen (secondary N) is 1. The molecule has 0 saturated heterocycles. The maximum atomic E-state index is 13.5. The summed E-state index contributed by atoms with van der Waals surface area (Å²) in [6, 6.07) is 8.53. The molecular weight excluding hydrogens is 398 g/mol. The molecule has 1 N–H and O–H groups in total. The maximum absolute atomic E-state index is 13.5. The van der Waals surface area contributed by atoms with Crippen molar-refractivity contribution in [3.8, 4) is 0 Å². The first-order valence-electron chi connectivity index (χ1n) is 9.49. The fourth-order valence-electron chi connectivity index (χ4n) is 3.56. The molecule has 0 saturated carbocycles. The number of halogens is 2. The van der Waals surface area contributed by atoms with Crippen LogP contribution in [0.5, 0.6) is 0 Å². The molecule has 1 unspecified atom stereocenters. The van der Waals surface area contributed by atoms with Crippen molar-refractivity contribution in [2.24, 2.45) is 0 Å². The van der Waals surface area contributed by atoms with E-state index in [1.807, 2.05) is 13.0 Å². The summed E-state index contributed by atoms with van der Waals surface area (Å²) in [5.41, 5.74) is 3.45. The van der Waals surface area contributed by atoms with Crippen LogP contribution in [-0.2, 0) is 27.7 Å². The highest BCUT2D eigenvalue weighted by atomic mass is 32.2. The summed E-state index contributed by atoms with van der Waals surface area (Å²) < 4.78 is 51.7. The predicted molar refractivity (Wildman–Crippen MR) is 108 cm³/mol. The van der Waals surface area contributed by atoms with Crippen molar-refractivity contribution in [2.45, 2.75) is 38.6 Å². The molecule has 0 aromatic heterocycles. The topological polar surface area (TPSA) is 66.5 Å². The van der Waals surface area contributed by atoms with Crippen LogP contribution in [0.1, 0.15) is 42.5 Å². The molecule has 1 amide bonds. The molecule has 156 valence electrons. The molecular formula is C21H24F2N2O3S. The van der Waals surface area contributed by atoms with E-state index >= 15 is 0 Å². The Balaban J connectivity index is 1.74. The van der Waals surface area contributed by atoms with Gasteiger partial charge in [-0.3, -0.25) is 9.10 Å². The minimum atomic E-state index is -3.87. The molecule has 3 rings (SSSR count). The smallest absolute Gasteiger partial charge is 0.241 e. The Morgan fingerprint density at radius 1 is 1.07 bits per heavy atom. The number of hydrogen-bond acceptors (Lipinski definition) is 3. The Bertz CT molecular complexity index is 1020. The lowest BCUT2D eigenvalue weighted by Gasteiger charge is -2.24. The van der Waals surface area contributed by atoms with Gasteiger partial charge >= 0.3 is 0 Å². The van der Waals surface area contributed by atoms with Gasteiger partial charge in [0.25, 0.3) is 0 Å². The summed E-state index contributed by atoms with van der Waals surface area (Å²) in [6.45, 7) is 1.30. The van der Waals surface area contributed by atoms with Crippen LogP contribution in [-0.4, -0.2) is 27.1 Å². The Kier molecular flexibility index (Phi) is 6.21. The molecule has 2 aromatic carbocycles. The van der Waals surface area contributed by atoms with Crippen molar-refractivity contribution in [3.63, 3.8) is 0 Å². The van der Waals surface area contributed by atoms with Crippen LogP contribution >= 0.6 is 0 Å². The molecule has 0 aliphatic heterocycles. The lowest BCUT2D eigenvalue weighted by Crippen LogP contribution is -2.41. The molecule has 0 radical (unpaired) electrons.